The number of halogens is 1. The molecule has 0 aliphatic rings. The van der Waals surface area contributed by atoms with Crippen molar-refractivity contribution in [2.45, 2.75) is 27.2 Å². The zero-order valence-electron chi connectivity index (χ0n) is 11.8. The van der Waals surface area contributed by atoms with Crippen LogP contribution in [0, 0.1) is 5.92 Å². The van der Waals surface area contributed by atoms with Crippen LogP contribution in [0.25, 0.3) is 0 Å². The summed E-state index contributed by atoms with van der Waals surface area (Å²) in [4.78, 5) is 16.7. The van der Waals surface area contributed by atoms with Gasteiger partial charge in [-0.2, -0.15) is 15.0 Å². The van der Waals surface area contributed by atoms with Crippen molar-refractivity contribution in [3.05, 3.63) is 5.28 Å². The largest absolute Gasteiger partial charge is 0.347 e. The van der Waals surface area contributed by atoms with Gasteiger partial charge in [-0.15, -0.1) is 0 Å². The molecule has 0 fully saturated rings. The molecule has 0 amide bonds. The highest BCUT2D eigenvalue weighted by molar-refractivity contribution is 6.28. The lowest BCUT2D eigenvalue weighted by Crippen LogP contribution is -2.30. The number of hydrogen-bond donors (Lipinski definition) is 0. The second-order valence-electron chi connectivity index (χ2n) is 4.65. The number of nitrogens with zero attached hydrogens (tertiary/aromatic N) is 5. The second kappa shape index (κ2) is 6.73. The Hall–Kier alpha value is -1.10. The Labute approximate surface area is 114 Å². The lowest BCUT2D eigenvalue weighted by molar-refractivity contribution is 0.542. The van der Waals surface area contributed by atoms with Gasteiger partial charge in [0.15, 0.2) is 0 Å². The van der Waals surface area contributed by atoms with E-state index in [4.69, 9.17) is 11.6 Å². The Balaban J connectivity index is 2.98. The maximum atomic E-state index is 5.95. The van der Waals surface area contributed by atoms with Crippen molar-refractivity contribution in [2.24, 2.45) is 5.92 Å². The third kappa shape index (κ3) is 3.98. The average molecular weight is 272 g/mol. The van der Waals surface area contributed by atoms with E-state index in [1.165, 1.54) is 0 Å². The van der Waals surface area contributed by atoms with E-state index in [2.05, 4.69) is 40.6 Å². The van der Waals surface area contributed by atoms with E-state index in [1.54, 1.807) is 0 Å². The highest BCUT2D eigenvalue weighted by Crippen LogP contribution is 2.17. The molecule has 0 aliphatic carbocycles. The molecule has 1 unspecified atom stereocenters. The van der Waals surface area contributed by atoms with Crippen LogP contribution < -0.4 is 9.80 Å². The molecule has 1 rings (SSSR count). The minimum atomic E-state index is 0.242. The van der Waals surface area contributed by atoms with E-state index in [9.17, 15) is 0 Å². The third-order valence-electron chi connectivity index (χ3n) is 2.88. The van der Waals surface area contributed by atoms with Gasteiger partial charge in [-0.1, -0.05) is 20.3 Å². The van der Waals surface area contributed by atoms with Gasteiger partial charge in [0.2, 0.25) is 17.2 Å². The van der Waals surface area contributed by atoms with E-state index >= 15 is 0 Å². The van der Waals surface area contributed by atoms with Gasteiger partial charge in [0.25, 0.3) is 0 Å². The van der Waals surface area contributed by atoms with Gasteiger partial charge >= 0.3 is 0 Å². The first-order chi connectivity index (χ1) is 8.47. The Morgan fingerprint density at radius 3 is 2.22 bits per heavy atom. The van der Waals surface area contributed by atoms with Crippen LogP contribution in [0.5, 0.6) is 0 Å². The number of hydrogen-bond acceptors (Lipinski definition) is 5. The molecule has 18 heavy (non-hydrogen) atoms. The van der Waals surface area contributed by atoms with E-state index in [0.29, 0.717) is 17.8 Å². The summed E-state index contributed by atoms with van der Waals surface area (Å²) in [5.74, 6) is 1.84. The Bertz CT molecular complexity index is 383. The minimum Gasteiger partial charge on any atom is -0.347 e. The summed E-state index contributed by atoms with van der Waals surface area (Å²) >= 11 is 5.95. The normalized spacial score (nSPS) is 12.3. The summed E-state index contributed by atoms with van der Waals surface area (Å²) < 4.78 is 0. The molecule has 0 bridgehead atoms. The van der Waals surface area contributed by atoms with Gasteiger partial charge in [0, 0.05) is 27.2 Å². The van der Waals surface area contributed by atoms with Gasteiger partial charge in [0.05, 0.1) is 0 Å². The molecule has 0 radical (unpaired) electrons. The van der Waals surface area contributed by atoms with E-state index < -0.39 is 0 Å². The number of anilines is 2. The molecule has 6 heteroatoms. The highest BCUT2D eigenvalue weighted by Gasteiger charge is 2.14. The number of rotatable bonds is 6. The average Bonchev–Trinajstić information content (AvgIpc) is 2.34. The topological polar surface area (TPSA) is 45.2 Å². The molecule has 0 aromatic carbocycles. The summed E-state index contributed by atoms with van der Waals surface area (Å²) in [6.07, 6.45) is 1.13. The molecular formula is C12H22ClN5. The highest BCUT2D eigenvalue weighted by atomic mass is 35.5. The van der Waals surface area contributed by atoms with Crippen LogP contribution in [0.1, 0.15) is 27.2 Å². The van der Waals surface area contributed by atoms with E-state index in [1.807, 2.05) is 19.0 Å². The fourth-order valence-electron chi connectivity index (χ4n) is 1.53. The van der Waals surface area contributed by atoms with Crippen molar-refractivity contribution in [1.82, 2.24) is 15.0 Å². The van der Waals surface area contributed by atoms with Crippen molar-refractivity contribution in [3.8, 4) is 0 Å². The quantitative estimate of drug-likeness (QED) is 0.795. The standard InChI is InChI=1S/C12H22ClN5/c1-6-9(3)8-18(7-2)12-15-10(13)14-11(16-12)17(4)5/h9H,6-8H2,1-5H3. The molecule has 0 N–H and O–H groups in total. The summed E-state index contributed by atoms with van der Waals surface area (Å²) in [5.41, 5.74) is 0. The fourth-order valence-corrected chi connectivity index (χ4v) is 1.68. The Kier molecular flexibility index (Phi) is 5.59. The van der Waals surface area contributed by atoms with Crippen LogP contribution in [-0.4, -0.2) is 42.1 Å². The lowest BCUT2D eigenvalue weighted by Gasteiger charge is -2.24. The maximum Gasteiger partial charge on any atom is 0.231 e. The molecule has 1 heterocycles. The van der Waals surface area contributed by atoms with Crippen LogP contribution in [-0.2, 0) is 0 Å². The maximum absolute atomic E-state index is 5.95. The molecule has 1 aromatic heterocycles. The fraction of sp³-hybridized carbons (Fsp3) is 0.750. The zero-order valence-corrected chi connectivity index (χ0v) is 12.6. The van der Waals surface area contributed by atoms with Crippen LogP contribution >= 0.6 is 11.6 Å². The molecule has 1 aromatic rings. The zero-order chi connectivity index (χ0) is 13.7. The first-order valence-electron chi connectivity index (χ1n) is 6.31. The van der Waals surface area contributed by atoms with Crippen LogP contribution in [0.4, 0.5) is 11.9 Å². The molecule has 102 valence electrons. The summed E-state index contributed by atoms with van der Waals surface area (Å²) in [7, 11) is 3.78. The van der Waals surface area contributed by atoms with Gasteiger partial charge in [-0.05, 0) is 24.4 Å². The van der Waals surface area contributed by atoms with Crippen molar-refractivity contribution in [2.75, 3.05) is 37.0 Å². The van der Waals surface area contributed by atoms with Gasteiger partial charge < -0.3 is 9.80 Å². The summed E-state index contributed by atoms with van der Waals surface area (Å²) in [6, 6.07) is 0. The molecule has 1 atom stereocenters. The van der Waals surface area contributed by atoms with Crippen LogP contribution in [0.15, 0.2) is 0 Å². The SMILES string of the molecule is CCC(C)CN(CC)c1nc(Cl)nc(N(C)C)n1. The predicted molar refractivity (Wildman–Crippen MR) is 76.5 cm³/mol. The molecule has 0 saturated heterocycles. The lowest BCUT2D eigenvalue weighted by atomic mass is 10.1. The minimum absolute atomic E-state index is 0.242. The summed E-state index contributed by atoms with van der Waals surface area (Å²) in [6.45, 7) is 8.29. The molecule has 5 nitrogen and oxygen atoms in total. The first kappa shape index (κ1) is 15.0. The van der Waals surface area contributed by atoms with Crippen molar-refractivity contribution in [1.29, 1.82) is 0 Å². The first-order valence-corrected chi connectivity index (χ1v) is 6.69. The van der Waals surface area contributed by atoms with Gasteiger partial charge in [-0.25, -0.2) is 0 Å². The van der Waals surface area contributed by atoms with Crippen LogP contribution in [0.2, 0.25) is 5.28 Å². The Morgan fingerprint density at radius 2 is 1.72 bits per heavy atom. The molecule has 0 aliphatic heterocycles. The van der Waals surface area contributed by atoms with E-state index in [-0.39, 0.29) is 5.28 Å². The molecular weight excluding hydrogens is 250 g/mol. The third-order valence-corrected chi connectivity index (χ3v) is 3.05. The monoisotopic (exact) mass is 271 g/mol. The molecule has 0 saturated carbocycles. The predicted octanol–water partition coefficient (Wildman–Crippen LogP) is 2.46. The van der Waals surface area contributed by atoms with Gasteiger partial charge in [0.1, 0.15) is 0 Å². The Morgan fingerprint density at radius 1 is 1.11 bits per heavy atom. The smallest absolute Gasteiger partial charge is 0.231 e. The van der Waals surface area contributed by atoms with Crippen LogP contribution in [0.3, 0.4) is 0 Å². The van der Waals surface area contributed by atoms with Crippen molar-refractivity contribution < 1.29 is 0 Å². The van der Waals surface area contributed by atoms with Crippen molar-refractivity contribution >= 4 is 23.5 Å². The summed E-state index contributed by atoms with van der Waals surface area (Å²) in [5, 5.41) is 0.242. The molecule has 0 spiro atoms. The second-order valence-corrected chi connectivity index (χ2v) is 4.99. The number of aromatic nitrogens is 3. The van der Waals surface area contributed by atoms with E-state index in [0.717, 1.165) is 19.5 Å². The van der Waals surface area contributed by atoms with Gasteiger partial charge in [-0.3, -0.25) is 0 Å². The van der Waals surface area contributed by atoms with Crippen molar-refractivity contribution in [3.63, 3.8) is 0 Å².